The van der Waals surface area contributed by atoms with Crippen LogP contribution in [0.4, 0.5) is 10.5 Å². The Morgan fingerprint density at radius 2 is 2.08 bits per heavy atom. The number of ether oxygens (including phenoxy) is 4. The van der Waals surface area contributed by atoms with Crippen molar-refractivity contribution in [2.24, 2.45) is 0 Å². The van der Waals surface area contributed by atoms with Crippen molar-refractivity contribution in [3.05, 3.63) is 64.2 Å². The van der Waals surface area contributed by atoms with E-state index < -0.39 is 12.2 Å². The summed E-state index contributed by atoms with van der Waals surface area (Å²) in [6.45, 7) is 4.12. The Morgan fingerprint density at radius 3 is 2.90 bits per heavy atom. The zero-order valence-corrected chi connectivity index (χ0v) is 22.0. The molecule has 0 fully saturated rings. The van der Waals surface area contributed by atoms with E-state index in [0.29, 0.717) is 23.1 Å². The number of aromatic amines is 1. The summed E-state index contributed by atoms with van der Waals surface area (Å²) in [5.74, 6) is 1.61. The van der Waals surface area contributed by atoms with E-state index in [1.54, 1.807) is 19.4 Å². The molecule has 0 spiro atoms. The smallest absolute Gasteiger partial charge is 0.411 e. The summed E-state index contributed by atoms with van der Waals surface area (Å²) in [6.07, 6.45) is 1.84. The fourth-order valence-electron chi connectivity index (χ4n) is 4.35. The number of rotatable bonds is 5. The van der Waals surface area contributed by atoms with Gasteiger partial charge in [0.15, 0.2) is 17.6 Å². The third-order valence-corrected chi connectivity index (χ3v) is 7.20. The maximum Gasteiger partial charge on any atom is 0.411 e. The van der Waals surface area contributed by atoms with E-state index in [-0.39, 0.29) is 18.8 Å². The second kappa shape index (κ2) is 9.87. The summed E-state index contributed by atoms with van der Waals surface area (Å²) in [5, 5.41) is 3.31. The second-order valence-electron chi connectivity index (χ2n) is 9.03. The number of anilines is 1. The van der Waals surface area contributed by atoms with Crippen molar-refractivity contribution >= 4 is 44.4 Å². The normalized spacial score (nSPS) is 14.4. The molecule has 0 radical (unpaired) electrons. The molecule has 1 aliphatic rings. The number of aromatic nitrogens is 4. The van der Waals surface area contributed by atoms with Gasteiger partial charge in [-0.15, -0.1) is 11.3 Å². The molecule has 0 bridgehead atoms. The fraction of sp³-hybridized carbons (Fsp3) is 0.222. The number of carbonyl (C=O) groups is 1. The third kappa shape index (κ3) is 4.81. The van der Waals surface area contributed by atoms with E-state index >= 15 is 0 Å². The zero-order valence-electron chi connectivity index (χ0n) is 21.2. The minimum Gasteiger partial charge on any atom is -0.484 e. The lowest BCUT2D eigenvalue weighted by Crippen LogP contribution is -2.35. The van der Waals surface area contributed by atoms with Crippen LogP contribution in [0.2, 0.25) is 0 Å². The van der Waals surface area contributed by atoms with Gasteiger partial charge >= 0.3 is 6.09 Å². The largest absolute Gasteiger partial charge is 0.484 e. The molecule has 39 heavy (non-hydrogen) atoms. The number of nitrogens with zero attached hydrogens (tertiary/aromatic N) is 3. The highest BCUT2D eigenvalue weighted by molar-refractivity contribution is 7.22. The van der Waals surface area contributed by atoms with Crippen molar-refractivity contribution in [2.45, 2.75) is 20.0 Å². The lowest BCUT2D eigenvalue weighted by molar-refractivity contribution is 0.0383. The second-order valence-corrected chi connectivity index (χ2v) is 10.0. The van der Waals surface area contributed by atoms with Crippen molar-refractivity contribution in [1.82, 2.24) is 19.9 Å². The molecular formula is C27H23N5O6S. The van der Waals surface area contributed by atoms with Crippen molar-refractivity contribution < 1.29 is 23.7 Å². The van der Waals surface area contributed by atoms with Crippen LogP contribution in [0, 0.1) is 13.8 Å². The van der Waals surface area contributed by atoms with Crippen molar-refractivity contribution in [2.75, 3.05) is 25.6 Å². The lowest BCUT2D eigenvalue weighted by Gasteiger charge is -2.26. The number of nitrogens with one attached hydrogen (secondary N) is 2. The van der Waals surface area contributed by atoms with Gasteiger partial charge in [-0.2, -0.15) is 0 Å². The lowest BCUT2D eigenvalue weighted by atomic mass is 10.1. The highest BCUT2D eigenvalue weighted by Gasteiger charge is 2.27. The van der Waals surface area contributed by atoms with E-state index in [1.165, 1.54) is 23.6 Å². The van der Waals surface area contributed by atoms with E-state index in [4.69, 9.17) is 23.9 Å². The first-order chi connectivity index (χ1) is 18.9. The Morgan fingerprint density at radius 1 is 1.21 bits per heavy atom. The molecule has 2 aromatic carbocycles. The molecule has 198 valence electrons. The van der Waals surface area contributed by atoms with Crippen LogP contribution in [0.1, 0.15) is 11.1 Å². The molecular weight excluding hydrogens is 522 g/mol. The van der Waals surface area contributed by atoms with E-state index in [2.05, 4.69) is 20.3 Å². The van der Waals surface area contributed by atoms with Gasteiger partial charge in [0.2, 0.25) is 11.4 Å². The van der Waals surface area contributed by atoms with Gasteiger partial charge in [0.25, 0.3) is 0 Å². The topological polar surface area (TPSA) is 138 Å². The average Bonchev–Trinajstić information content (AvgIpc) is 3.37. The summed E-state index contributed by atoms with van der Waals surface area (Å²) in [5.41, 5.74) is 5.12. The van der Waals surface area contributed by atoms with Crippen LogP contribution in [0.3, 0.4) is 0 Å². The Bertz CT molecular complexity index is 1800. The Kier molecular flexibility index (Phi) is 6.23. The maximum absolute atomic E-state index is 12.2. The van der Waals surface area contributed by atoms with Crippen LogP contribution in [-0.2, 0) is 4.74 Å². The maximum atomic E-state index is 12.2. The van der Waals surface area contributed by atoms with Crippen LogP contribution in [0.5, 0.6) is 17.4 Å². The number of hydrogen-bond donors (Lipinski definition) is 2. The number of H-pyrrole nitrogens is 1. The van der Waals surface area contributed by atoms with Gasteiger partial charge < -0.3 is 23.9 Å². The highest BCUT2D eigenvalue weighted by Crippen LogP contribution is 2.46. The van der Waals surface area contributed by atoms with E-state index in [1.807, 2.05) is 32.0 Å². The van der Waals surface area contributed by atoms with Crippen LogP contribution in [0.25, 0.3) is 31.8 Å². The molecule has 1 aliphatic heterocycles. The molecule has 0 saturated heterocycles. The van der Waals surface area contributed by atoms with Gasteiger partial charge in [-0.3, -0.25) is 10.1 Å². The number of pyridine rings is 1. The first-order valence-electron chi connectivity index (χ1n) is 12.1. The molecule has 1 atom stereocenters. The first kappa shape index (κ1) is 24.6. The number of amides is 1. The van der Waals surface area contributed by atoms with Gasteiger partial charge in [0.1, 0.15) is 22.9 Å². The van der Waals surface area contributed by atoms with Gasteiger partial charge in [-0.05, 0) is 49.2 Å². The minimum absolute atomic E-state index is 0.0309. The Hall–Kier alpha value is -4.71. The molecule has 0 aliphatic carbocycles. The summed E-state index contributed by atoms with van der Waals surface area (Å²) in [6, 6.07) is 8.71. The van der Waals surface area contributed by atoms with Crippen LogP contribution in [-0.4, -0.2) is 52.5 Å². The molecule has 12 heteroatoms. The summed E-state index contributed by atoms with van der Waals surface area (Å²) >= 11 is 1.50. The van der Waals surface area contributed by atoms with Gasteiger partial charge in [-0.1, -0.05) is 0 Å². The number of hydrogen-bond acceptors (Lipinski definition) is 10. The zero-order chi connectivity index (χ0) is 27.1. The number of thiazole rings is 1. The predicted molar refractivity (Wildman–Crippen MR) is 146 cm³/mol. The van der Waals surface area contributed by atoms with Crippen LogP contribution < -0.4 is 25.1 Å². The molecule has 11 nitrogen and oxygen atoms in total. The number of aryl methyl sites for hydroxylation is 2. The Balaban J connectivity index is 1.25. The predicted octanol–water partition coefficient (Wildman–Crippen LogP) is 4.61. The van der Waals surface area contributed by atoms with Crippen molar-refractivity contribution in [1.29, 1.82) is 0 Å². The minimum atomic E-state index is -0.695. The molecule has 1 amide bonds. The molecule has 6 rings (SSSR count). The summed E-state index contributed by atoms with van der Waals surface area (Å²) < 4.78 is 23.6. The molecule has 1 unspecified atom stereocenters. The van der Waals surface area contributed by atoms with E-state index in [0.717, 1.165) is 42.9 Å². The number of methoxy groups -OCH3 is 1. The standard InChI is InChI=1S/C27H23N5O6S/c1-13-6-17(23-18(7-13)31-21(35-3)10-29-23)26-32-22-14(2)8-19-24(25(22)39-26)36-11-16(38-19)12-37-27(34)30-15-4-5-28-20(33)9-15/h4-10,16H,11-12H2,1-3H3,(H2,28,30,33,34). The highest BCUT2D eigenvalue weighted by atomic mass is 32.1. The summed E-state index contributed by atoms with van der Waals surface area (Å²) in [4.78, 5) is 40.1. The number of fused-ring (bicyclic) bond motifs is 4. The average molecular weight is 546 g/mol. The molecule has 5 aromatic rings. The van der Waals surface area contributed by atoms with Crippen LogP contribution in [0.15, 0.2) is 47.5 Å². The van der Waals surface area contributed by atoms with E-state index in [9.17, 15) is 9.59 Å². The third-order valence-electron chi connectivity index (χ3n) is 6.12. The quantitative estimate of drug-likeness (QED) is 0.324. The van der Waals surface area contributed by atoms with Crippen LogP contribution >= 0.6 is 11.3 Å². The first-order valence-corrected chi connectivity index (χ1v) is 12.9. The van der Waals surface area contributed by atoms with Gasteiger partial charge in [0.05, 0.1) is 35.5 Å². The molecule has 3 aromatic heterocycles. The van der Waals surface area contributed by atoms with Crippen molar-refractivity contribution in [3.8, 4) is 28.0 Å². The molecule has 0 saturated carbocycles. The number of carbonyl (C=O) groups excluding carboxylic acids is 1. The fourth-order valence-corrected chi connectivity index (χ4v) is 5.50. The SMILES string of the molecule is COc1cnc2c(-c3nc4c(C)cc5c(c4s3)OCC(COC(=O)Nc3cc[nH]c(=O)c3)O5)cc(C)cc2n1. The van der Waals surface area contributed by atoms with Gasteiger partial charge in [-0.25, -0.2) is 19.7 Å². The number of benzene rings is 2. The van der Waals surface area contributed by atoms with Crippen molar-refractivity contribution in [3.63, 3.8) is 0 Å². The molecule has 2 N–H and O–H groups in total. The Labute approximate surface area is 225 Å². The monoisotopic (exact) mass is 545 g/mol. The molecule has 4 heterocycles. The van der Waals surface area contributed by atoms with Gasteiger partial charge in [0, 0.05) is 17.8 Å². The summed E-state index contributed by atoms with van der Waals surface area (Å²) in [7, 11) is 1.56.